The molecule has 4 nitrogen and oxygen atoms in total. The van der Waals surface area contributed by atoms with E-state index in [4.69, 9.17) is 16.3 Å². The molecule has 2 N–H and O–H groups in total. The summed E-state index contributed by atoms with van der Waals surface area (Å²) in [6.45, 7) is 0. The summed E-state index contributed by atoms with van der Waals surface area (Å²) < 4.78 is 0. The number of hydrogen-bond acceptors (Lipinski definition) is 4. The molecule has 0 radical (unpaired) electrons. The molecule has 0 unspecified atom stereocenters. The fourth-order valence-corrected chi connectivity index (χ4v) is 0.655. The maximum Gasteiger partial charge on any atom is 0.158 e. The fraction of sp³-hybridized carbons (Fsp3) is 0. The van der Waals surface area contributed by atoms with Gasteiger partial charge >= 0.3 is 0 Å². The third kappa shape index (κ3) is 1.25. The van der Waals surface area contributed by atoms with Crippen molar-refractivity contribution in [2.45, 2.75) is 0 Å². The fourth-order valence-electron chi connectivity index (χ4n) is 0.655. The first-order valence-electron chi connectivity index (χ1n) is 2.83. The number of nitrogen functional groups attached to an aromatic ring is 1. The SMILES string of the molecule is N#Cc1cc(N)cnc1C#N. The smallest absolute Gasteiger partial charge is 0.158 e. The Morgan fingerprint density at radius 2 is 2.09 bits per heavy atom. The lowest BCUT2D eigenvalue weighted by molar-refractivity contribution is 1.24. The normalized spacial score (nSPS) is 8.18. The summed E-state index contributed by atoms with van der Waals surface area (Å²) in [5.74, 6) is 0. The van der Waals surface area contributed by atoms with Crippen molar-refractivity contribution < 1.29 is 0 Å². The van der Waals surface area contributed by atoms with Gasteiger partial charge in [0.2, 0.25) is 0 Å². The van der Waals surface area contributed by atoms with Gasteiger partial charge in [0.25, 0.3) is 0 Å². The lowest BCUT2D eigenvalue weighted by atomic mass is 10.2. The third-order valence-corrected chi connectivity index (χ3v) is 1.14. The minimum absolute atomic E-state index is 0.113. The summed E-state index contributed by atoms with van der Waals surface area (Å²) in [6, 6.07) is 5.03. The summed E-state index contributed by atoms with van der Waals surface area (Å²) >= 11 is 0. The highest BCUT2D eigenvalue weighted by Gasteiger charge is 2.01. The average Bonchev–Trinajstić information content (AvgIpc) is 2.04. The molecular formula is C7H4N4. The summed E-state index contributed by atoms with van der Waals surface area (Å²) in [5.41, 5.74) is 6.05. The van der Waals surface area contributed by atoms with Gasteiger partial charge in [-0.1, -0.05) is 0 Å². The number of nitrogens with two attached hydrogens (primary N) is 1. The van der Waals surface area contributed by atoms with E-state index in [0.29, 0.717) is 5.69 Å². The van der Waals surface area contributed by atoms with E-state index in [9.17, 15) is 0 Å². The number of nitrogens with zero attached hydrogens (tertiary/aromatic N) is 3. The van der Waals surface area contributed by atoms with E-state index in [2.05, 4.69) is 4.98 Å². The molecule has 11 heavy (non-hydrogen) atoms. The Morgan fingerprint density at radius 3 is 2.64 bits per heavy atom. The van der Waals surface area contributed by atoms with Gasteiger partial charge < -0.3 is 5.73 Å². The topological polar surface area (TPSA) is 86.5 Å². The first kappa shape index (κ1) is 7.04. The number of anilines is 1. The Labute approximate surface area is 63.5 Å². The summed E-state index contributed by atoms with van der Waals surface area (Å²) in [5, 5.41) is 16.9. The second-order valence-electron chi connectivity index (χ2n) is 1.89. The molecule has 1 aromatic heterocycles. The van der Waals surface area contributed by atoms with E-state index in [1.54, 1.807) is 6.07 Å². The Bertz CT molecular complexity index is 356. The molecule has 0 saturated heterocycles. The van der Waals surface area contributed by atoms with Crippen molar-refractivity contribution in [2.75, 3.05) is 5.73 Å². The molecule has 0 atom stereocenters. The van der Waals surface area contributed by atoms with Crippen molar-refractivity contribution >= 4 is 5.69 Å². The van der Waals surface area contributed by atoms with E-state index in [1.807, 2.05) is 6.07 Å². The molecule has 0 aromatic carbocycles. The maximum atomic E-state index is 8.48. The minimum Gasteiger partial charge on any atom is -0.397 e. The van der Waals surface area contributed by atoms with E-state index in [-0.39, 0.29) is 11.3 Å². The molecule has 0 aliphatic carbocycles. The van der Waals surface area contributed by atoms with Crippen LogP contribution in [0, 0.1) is 22.7 Å². The monoisotopic (exact) mass is 144 g/mol. The molecule has 4 heteroatoms. The van der Waals surface area contributed by atoms with E-state index in [0.717, 1.165) is 0 Å². The molecule has 0 saturated carbocycles. The van der Waals surface area contributed by atoms with E-state index >= 15 is 0 Å². The lowest BCUT2D eigenvalue weighted by Crippen LogP contribution is -1.92. The number of aromatic nitrogens is 1. The summed E-state index contributed by atoms with van der Waals surface area (Å²) in [6.07, 6.45) is 1.35. The Morgan fingerprint density at radius 1 is 1.36 bits per heavy atom. The van der Waals surface area contributed by atoms with Crippen LogP contribution < -0.4 is 5.73 Å². The summed E-state index contributed by atoms with van der Waals surface area (Å²) in [7, 11) is 0. The zero-order valence-electron chi connectivity index (χ0n) is 5.57. The second-order valence-corrected chi connectivity index (χ2v) is 1.89. The Balaban J connectivity index is 3.34. The molecule has 52 valence electrons. The van der Waals surface area contributed by atoms with Gasteiger partial charge in [-0.15, -0.1) is 0 Å². The van der Waals surface area contributed by atoms with Crippen LogP contribution in [-0.4, -0.2) is 4.98 Å². The minimum atomic E-state index is 0.113. The Kier molecular flexibility index (Phi) is 1.71. The van der Waals surface area contributed by atoms with Crippen LogP contribution in [0.4, 0.5) is 5.69 Å². The zero-order chi connectivity index (χ0) is 8.27. The Hall–Kier alpha value is -2.07. The van der Waals surface area contributed by atoms with Crippen molar-refractivity contribution in [3.05, 3.63) is 23.5 Å². The van der Waals surface area contributed by atoms with Crippen LogP contribution in [-0.2, 0) is 0 Å². The van der Waals surface area contributed by atoms with E-state index in [1.165, 1.54) is 12.3 Å². The molecule has 1 rings (SSSR count). The number of rotatable bonds is 0. The maximum absolute atomic E-state index is 8.48. The highest BCUT2D eigenvalue weighted by molar-refractivity contribution is 5.49. The molecule has 0 aliphatic heterocycles. The molecule has 0 spiro atoms. The molecule has 0 amide bonds. The van der Waals surface area contributed by atoms with Crippen molar-refractivity contribution in [2.24, 2.45) is 0 Å². The van der Waals surface area contributed by atoms with Crippen molar-refractivity contribution in [1.82, 2.24) is 4.98 Å². The molecule has 0 fully saturated rings. The van der Waals surface area contributed by atoms with Gasteiger partial charge in [0, 0.05) is 0 Å². The number of nitriles is 2. The first-order valence-corrected chi connectivity index (χ1v) is 2.83. The number of hydrogen-bond donors (Lipinski definition) is 1. The van der Waals surface area contributed by atoms with Gasteiger partial charge in [-0.05, 0) is 6.07 Å². The standard InChI is InChI=1S/C7H4N4/c8-2-5-1-6(10)4-11-7(5)3-9/h1,4H,10H2. The van der Waals surface area contributed by atoms with Crippen LogP contribution in [0.3, 0.4) is 0 Å². The van der Waals surface area contributed by atoms with Crippen LogP contribution >= 0.6 is 0 Å². The van der Waals surface area contributed by atoms with Crippen molar-refractivity contribution in [1.29, 1.82) is 10.5 Å². The molecule has 1 aromatic rings. The van der Waals surface area contributed by atoms with Crippen molar-refractivity contribution in [3.8, 4) is 12.1 Å². The molecule has 1 heterocycles. The van der Waals surface area contributed by atoms with Gasteiger partial charge in [-0.25, -0.2) is 4.98 Å². The number of pyridine rings is 1. The van der Waals surface area contributed by atoms with Crippen LogP contribution in [0.25, 0.3) is 0 Å². The van der Waals surface area contributed by atoms with Gasteiger partial charge in [-0.2, -0.15) is 10.5 Å². The zero-order valence-corrected chi connectivity index (χ0v) is 5.57. The average molecular weight is 144 g/mol. The predicted molar refractivity (Wildman–Crippen MR) is 38.1 cm³/mol. The highest BCUT2D eigenvalue weighted by atomic mass is 14.7. The third-order valence-electron chi connectivity index (χ3n) is 1.14. The van der Waals surface area contributed by atoms with Gasteiger partial charge in [0.1, 0.15) is 12.1 Å². The second kappa shape index (κ2) is 2.68. The predicted octanol–water partition coefficient (Wildman–Crippen LogP) is 0.407. The molecule has 0 aliphatic rings. The lowest BCUT2D eigenvalue weighted by Gasteiger charge is -1.93. The largest absolute Gasteiger partial charge is 0.397 e. The van der Waals surface area contributed by atoms with Crippen molar-refractivity contribution in [3.63, 3.8) is 0 Å². The van der Waals surface area contributed by atoms with Gasteiger partial charge in [0.05, 0.1) is 17.4 Å². The van der Waals surface area contributed by atoms with E-state index < -0.39 is 0 Å². The quantitative estimate of drug-likeness (QED) is 0.571. The van der Waals surface area contributed by atoms with Crippen LogP contribution in [0.5, 0.6) is 0 Å². The highest BCUT2D eigenvalue weighted by Crippen LogP contribution is 2.07. The molecule has 0 bridgehead atoms. The first-order chi connectivity index (χ1) is 5.27. The van der Waals surface area contributed by atoms with Gasteiger partial charge in [0.15, 0.2) is 5.69 Å². The summed E-state index contributed by atoms with van der Waals surface area (Å²) in [4.78, 5) is 3.66. The van der Waals surface area contributed by atoms with Gasteiger partial charge in [-0.3, -0.25) is 0 Å². The van der Waals surface area contributed by atoms with Crippen LogP contribution in [0.2, 0.25) is 0 Å². The molecular weight excluding hydrogens is 140 g/mol. The van der Waals surface area contributed by atoms with Crippen LogP contribution in [0.15, 0.2) is 12.3 Å². The van der Waals surface area contributed by atoms with Crippen LogP contribution in [0.1, 0.15) is 11.3 Å².